The van der Waals surface area contributed by atoms with Gasteiger partial charge in [0.1, 0.15) is 5.82 Å². The summed E-state index contributed by atoms with van der Waals surface area (Å²) < 4.78 is 19.4. The Morgan fingerprint density at radius 2 is 1.97 bits per heavy atom. The molecule has 2 aromatic rings. The molecule has 1 atom stereocenters. The first-order valence-electron chi connectivity index (χ1n) is 10.2. The Kier molecular flexibility index (Phi) is 7.41. The Bertz CT molecular complexity index is 860. The van der Waals surface area contributed by atoms with Crippen molar-refractivity contribution in [3.63, 3.8) is 0 Å². The van der Waals surface area contributed by atoms with E-state index in [0.717, 1.165) is 5.69 Å². The van der Waals surface area contributed by atoms with E-state index in [1.807, 2.05) is 44.2 Å². The standard InChI is InChI=1S/C23H28FN3O3/c1-17(2)14-27(22(28)18-7-6-8-19(24)13-18)16-21-15-26(11-12-30-21)23(29)25-20-9-4-3-5-10-20/h3-10,13,17,21H,11-12,14-16H2,1-2H3,(H,25,29). The van der Waals surface area contributed by atoms with Crippen LogP contribution in [0.5, 0.6) is 0 Å². The number of nitrogens with one attached hydrogen (secondary N) is 1. The van der Waals surface area contributed by atoms with Crippen LogP contribution in [0.2, 0.25) is 0 Å². The number of anilines is 1. The number of amides is 3. The molecule has 1 aliphatic rings. The summed E-state index contributed by atoms with van der Waals surface area (Å²) in [6.07, 6.45) is -0.309. The smallest absolute Gasteiger partial charge is 0.322 e. The third-order valence-corrected chi connectivity index (χ3v) is 4.82. The number of urea groups is 1. The number of benzene rings is 2. The van der Waals surface area contributed by atoms with Crippen LogP contribution in [0.15, 0.2) is 54.6 Å². The molecule has 3 amide bonds. The summed E-state index contributed by atoms with van der Waals surface area (Å²) in [6, 6.07) is 14.8. The number of halogens is 1. The van der Waals surface area contributed by atoms with Crippen LogP contribution >= 0.6 is 0 Å². The number of para-hydroxylation sites is 1. The Balaban J connectivity index is 1.65. The molecule has 0 aromatic heterocycles. The van der Waals surface area contributed by atoms with Crippen LogP contribution in [-0.4, -0.2) is 60.6 Å². The monoisotopic (exact) mass is 413 g/mol. The zero-order chi connectivity index (χ0) is 21.5. The summed E-state index contributed by atoms with van der Waals surface area (Å²) in [4.78, 5) is 29.0. The highest BCUT2D eigenvalue weighted by atomic mass is 19.1. The van der Waals surface area contributed by atoms with Crippen LogP contribution in [0.1, 0.15) is 24.2 Å². The average Bonchev–Trinajstić information content (AvgIpc) is 2.73. The highest BCUT2D eigenvalue weighted by Gasteiger charge is 2.28. The molecule has 0 spiro atoms. The van der Waals surface area contributed by atoms with Crippen molar-refractivity contribution >= 4 is 17.6 Å². The van der Waals surface area contributed by atoms with Gasteiger partial charge in [-0.25, -0.2) is 9.18 Å². The van der Waals surface area contributed by atoms with Crippen molar-refractivity contribution < 1.29 is 18.7 Å². The van der Waals surface area contributed by atoms with E-state index in [-0.39, 0.29) is 24.0 Å². The van der Waals surface area contributed by atoms with Crippen molar-refractivity contribution in [2.75, 3.05) is 38.1 Å². The highest BCUT2D eigenvalue weighted by Crippen LogP contribution is 2.15. The summed E-state index contributed by atoms with van der Waals surface area (Å²) >= 11 is 0. The molecule has 1 N–H and O–H groups in total. The number of morpholine rings is 1. The van der Waals surface area contributed by atoms with Crippen LogP contribution in [0.25, 0.3) is 0 Å². The van der Waals surface area contributed by atoms with Crippen LogP contribution in [-0.2, 0) is 4.74 Å². The second-order valence-corrected chi connectivity index (χ2v) is 7.85. The fraction of sp³-hybridized carbons (Fsp3) is 0.391. The van der Waals surface area contributed by atoms with Crippen LogP contribution < -0.4 is 5.32 Å². The molecule has 1 aliphatic heterocycles. The fourth-order valence-corrected chi connectivity index (χ4v) is 3.47. The number of carbonyl (C=O) groups is 2. The lowest BCUT2D eigenvalue weighted by Crippen LogP contribution is -2.52. The maximum absolute atomic E-state index is 13.6. The zero-order valence-electron chi connectivity index (χ0n) is 17.4. The number of nitrogens with zero attached hydrogens (tertiary/aromatic N) is 2. The lowest BCUT2D eigenvalue weighted by molar-refractivity contribution is -0.0272. The first-order chi connectivity index (χ1) is 14.4. The van der Waals surface area contributed by atoms with Gasteiger partial charge in [-0.05, 0) is 36.2 Å². The van der Waals surface area contributed by atoms with Gasteiger partial charge in [0.15, 0.2) is 0 Å². The average molecular weight is 413 g/mol. The minimum atomic E-state index is -0.442. The number of rotatable bonds is 6. The van der Waals surface area contributed by atoms with Gasteiger partial charge in [-0.2, -0.15) is 0 Å². The first kappa shape index (κ1) is 21.8. The Morgan fingerprint density at radius 3 is 2.67 bits per heavy atom. The van der Waals surface area contributed by atoms with Gasteiger partial charge in [-0.3, -0.25) is 4.79 Å². The Hall–Kier alpha value is -2.93. The van der Waals surface area contributed by atoms with Crippen molar-refractivity contribution in [2.45, 2.75) is 20.0 Å². The van der Waals surface area contributed by atoms with Gasteiger partial charge in [0.05, 0.1) is 19.3 Å². The largest absolute Gasteiger partial charge is 0.373 e. The fourth-order valence-electron chi connectivity index (χ4n) is 3.47. The summed E-state index contributed by atoms with van der Waals surface area (Å²) in [5.41, 5.74) is 1.04. The van der Waals surface area contributed by atoms with Gasteiger partial charge in [-0.1, -0.05) is 38.1 Å². The van der Waals surface area contributed by atoms with E-state index in [1.54, 1.807) is 15.9 Å². The second kappa shape index (κ2) is 10.2. The maximum atomic E-state index is 13.6. The molecular formula is C23H28FN3O3. The van der Waals surface area contributed by atoms with Crippen molar-refractivity contribution in [1.29, 1.82) is 0 Å². The number of ether oxygens (including phenoxy) is 1. The molecule has 30 heavy (non-hydrogen) atoms. The predicted octanol–water partition coefficient (Wildman–Crippen LogP) is 3.86. The van der Waals surface area contributed by atoms with E-state index in [1.165, 1.54) is 18.2 Å². The summed E-state index contributed by atoms with van der Waals surface area (Å²) in [5, 5.41) is 2.88. The van der Waals surface area contributed by atoms with Crippen molar-refractivity contribution in [2.24, 2.45) is 5.92 Å². The molecule has 1 fully saturated rings. The van der Waals surface area contributed by atoms with Crippen LogP contribution in [0.3, 0.4) is 0 Å². The van der Waals surface area contributed by atoms with E-state index < -0.39 is 5.82 Å². The van der Waals surface area contributed by atoms with E-state index in [2.05, 4.69) is 5.32 Å². The third-order valence-electron chi connectivity index (χ3n) is 4.82. The van der Waals surface area contributed by atoms with E-state index in [4.69, 9.17) is 4.74 Å². The number of hydrogen-bond acceptors (Lipinski definition) is 3. The molecule has 6 nitrogen and oxygen atoms in total. The molecule has 0 saturated carbocycles. The van der Waals surface area contributed by atoms with Gasteiger partial charge in [0.25, 0.3) is 5.91 Å². The molecule has 0 aliphatic carbocycles. The molecule has 1 heterocycles. The van der Waals surface area contributed by atoms with E-state index >= 15 is 0 Å². The molecule has 160 valence electrons. The minimum absolute atomic E-state index is 0.193. The van der Waals surface area contributed by atoms with Gasteiger partial charge < -0.3 is 19.9 Å². The molecule has 0 bridgehead atoms. The highest BCUT2D eigenvalue weighted by molar-refractivity contribution is 5.94. The van der Waals surface area contributed by atoms with Crippen LogP contribution in [0, 0.1) is 11.7 Å². The normalized spacial score (nSPS) is 16.4. The lowest BCUT2D eigenvalue weighted by Gasteiger charge is -2.36. The third kappa shape index (κ3) is 6.03. The molecule has 1 unspecified atom stereocenters. The molecule has 0 radical (unpaired) electrons. The summed E-state index contributed by atoms with van der Waals surface area (Å²) in [5.74, 6) is -0.440. The Morgan fingerprint density at radius 1 is 1.20 bits per heavy atom. The number of hydrogen-bond donors (Lipinski definition) is 1. The molecule has 7 heteroatoms. The number of carbonyl (C=O) groups excluding carboxylic acids is 2. The summed E-state index contributed by atoms with van der Waals surface area (Å²) in [6.45, 7) is 6.16. The maximum Gasteiger partial charge on any atom is 0.322 e. The van der Waals surface area contributed by atoms with E-state index in [9.17, 15) is 14.0 Å². The predicted molar refractivity (Wildman–Crippen MR) is 114 cm³/mol. The molecular weight excluding hydrogens is 385 g/mol. The van der Waals surface area contributed by atoms with E-state index in [0.29, 0.717) is 38.3 Å². The summed E-state index contributed by atoms with van der Waals surface area (Å²) in [7, 11) is 0. The molecule has 2 aromatic carbocycles. The first-order valence-corrected chi connectivity index (χ1v) is 10.2. The SMILES string of the molecule is CC(C)CN(CC1CN(C(=O)Nc2ccccc2)CCO1)C(=O)c1cccc(F)c1. The van der Waals surface area contributed by atoms with Gasteiger partial charge in [0, 0.05) is 30.9 Å². The molecule has 1 saturated heterocycles. The van der Waals surface area contributed by atoms with Crippen LogP contribution in [0.4, 0.5) is 14.9 Å². The Labute approximate surface area is 176 Å². The van der Waals surface area contributed by atoms with Crippen molar-refractivity contribution in [1.82, 2.24) is 9.80 Å². The van der Waals surface area contributed by atoms with Crippen molar-refractivity contribution in [3.8, 4) is 0 Å². The second-order valence-electron chi connectivity index (χ2n) is 7.85. The lowest BCUT2D eigenvalue weighted by atomic mass is 10.1. The minimum Gasteiger partial charge on any atom is -0.373 e. The zero-order valence-corrected chi connectivity index (χ0v) is 17.4. The quantitative estimate of drug-likeness (QED) is 0.782. The topological polar surface area (TPSA) is 61.9 Å². The van der Waals surface area contributed by atoms with Gasteiger partial charge in [-0.15, -0.1) is 0 Å². The van der Waals surface area contributed by atoms with Gasteiger partial charge >= 0.3 is 6.03 Å². The van der Waals surface area contributed by atoms with Crippen molar-refractivity contribution in [3.05, 3.63) is 66.0 Å². The molecule has 3 rings (SSSR count). The van der Waals surface area contributed by atoms with Gasteiger partial charge in [0.2, 0.25) is 0 Å².